The second-order valence-electron chi connectivity index (χ2n) is 5.57. The molecule has 2 rings (SSSR count). The Balaban J connectivity index is 2.17. The third kappa shape index (κ3) is 3.12. The summed E-state index contributed by atoms with van der Waals surface area (Å²) >= 11 is 0. The van der Waals surface area contributed by atoms with Crippen molar-refractivity contribution in [1.29, 1.82) is 0 Å². The number of rotatable bonds is 5. The molecule has 0 saturated carbocycles. The van der Waals surface area contributed by atoms with Gasteiger partial charge in [0.1, 0.15) is 10.7 Å². The number of hydrogen-bond donors (Lipinski definition) is 1. The fourth-order valence-corrected chi connectivity index (χ4v) is 4.33. The molecule has 1 aromatic rings. The van der Waals surface area contributed by atoms with Crippen LogP contribution in [0.4, 0.5) is 5.82 Å². The number of pyridine rings is 1. The summed E-state index contributed by atoms with van der Waals surface area (Å²) in [5.74, 6) is 1.13. The Kier molecular flexibility index (Phi) is 4.65. The topological polar surface area (TPSA) is 62.3 Å². The quantitative estimate of drug-likeness (QED) is 0.906. The summed E-state index contributed by atoms with van der Waals surface area (Å²) < 4.78 is 26.8. The molecular weight excluding hydrogens is 274 g/mol. The SMILES string of the molecule is CCCNc1ccc(S(=O)(=O)N2CC(C)CC2C)cn1. The smallest absolute Gasteiger partial charge is 0.244 e. The molecule has 1 aliphatic heterocycles. The maximum absolute atomic E-state index is 12.6. The van der Waals surface area contributed by atoms with Crippen molar-refractivity contribution in [2.24, 2.45) is 5.92 Å². The van der Waals surface area contributed by atoms with Gasteiger partial charge in [-0.3, -0.25) is 0 Å². The van der Waals surface area contributed by atoms with Crippen molar-refractivity contribution >= 4 is 15.8 Å². The highest BCUT2D eigenvalue weighted by Crippen LogP contribution is 2.28. The zero-order valence-electron chi connectivity index (χ0n) is 12.3. The molecule has 20 heavy (non-hydrogen) atoms. The number of nitrogens with one attached hydrogen (secondary N) is 1. The van der Waals surface area contributed by atoms with E-state index in [-0.39, 0.29) is 10.9 Å². The number of aromatic nitrogens is 1. The monoisotopic (exact) mass is 297 g/mol. The average Bonchev–Trinajstić information content (AvgIpc) is 2.76. The van der Waals surface area contributed by atoms with Gasteiger partial charge in [0.15, 0.2) is 0 Å². The van der Waals surface area contributed by atoms with Crippen molar-refractivity contribution in [3.8, 4) is 0 Å². The second kappa shape index (κ2) is 6.10. The van der Waals surface area contributed by atoms with E-state index in [9.17, 15) is 8.42 Å². The minimum Gasteiger partial charge on any atom is -0.370 e. The second-order valence-corrected chi connectivity index (χ2v) is 7.46. The summed E-state index contributed by atoms with van der Waals surface area (Å²) in [4.78, 5) is 4.46. The molecule has 6 heteroatoms. The maximum atomic E-state index is 12.6. The molecule has 2 atom stereocenters. The molecule has 1 fully saturated rings. The minimum atomic E-state index is -3.42. The van der Waals surface area contributed by atoms with E-state index in [0.717, 1.165) is 19.4 Å². The molecule has 5 nitrogen and oxygen atoms in total. The van der Waals surface area contributed by atoms with Crippen molar-refractivity contribution in [3.05, 3.63) is 18.3 Å². The molecule has 1 saturated heterocycles. The van der Waals surface area contributed by atoms with E-state index in [1.807, 2.05) is 6.92 Å². The number of hydrogen-bond acceptors (Lipinski definition) is 4. The van der Waals surface area contributed by atoms with Crippen LogP contribution in [0.5, 0.6) is 0 Å². The van der Waals surface area contributed by atoms with Gasteiger partial charge in [0, 0.05) is 25.3 Å². The van der Waals surface area contributed by atoms with Crippen LogP contribution in [0.2, 0.25) is 0 Å². The van der Waals surface area contributed by atoms with Gasteiger partial charge in [-0.05, 0) is 37.8 Å². The Hall–Kier alpha value is -1.14. The van der Waals surface area contributed by atoms with Crippen molar-refractivity contribution in [2.75, 3.05) is 18.4 Å². The summed E-state index contributed by atoms with van der Waals surface area (Å²) in [6.07, 6.45) is 3.37. The lowest BCUT2D eigenvalue weighted by atomic mass is 10.1. The van der Waals surface area contributed by atoms with Crippen molar-refractivity contribution in [1.82, 2.24) is 9.29 Å². The molecule has 2 heterocycles. The van der Waals surface area contributed by atoms with Gasteiger partial charge in [-0.15, -0.1) is 0 Å². The van der Waals surface area contributed by atoms with Crippen molar-refractivity contribution in [2.45, 2.75) is 44.6 Å². The first-order valence-electron chi connectivity index (χ1n) is 7.17. The fraction of sp³-hybridized carbons (Fsp3) is 0.643. The van der Waals surface area contributed by atoms with Crippen LogP contribution in [-0.4, -0.2) is 36.8 Å². The Labute approximate surface area is 121 Å². The lowest BCUT2D eigenvalue weighted by molar-refractivity contribution is 0.405. The number of nitrogens with zero attached hydrogens (tertiary/aromatic N) is 2. The zero-order valence-corrected chi connectivity index (χ0v) is 13.2. The zero-order chi connectivity index (χ0) is 14.8. The first kappa shape index (κ1) is 15.3. The predicted molar refractivity (Wildman–Crippen MR) is 80.2 cm³/mol. The van der Waals surface area contributed by atoms with Crippen molar-refractivity contribution in [3.63, 3.8) is 0 Å². The Morgan fingerprint density at radius 2 is 2.15 bits per heavy atom. The van der Waals surface area contributed by atoms with Crippen LogP contribution >= 0.6 is 0 Å². The molecule has 0 amide bonds. The van der Waals surface area contributed by atoms with Crippen LogP contribution in [0.25, 0.3) is 0 Å². The van der Waals surface area contributed by atoms with E-state index >= 15 is 0 Å². The van der Waals surface area contributed by atoms with E-state index in [2.05, 4.69) is 24.1 Å². The minimum absolute atomic E-state index is 0.0629. The molecular formula is C14H23N3O2S. The molecule has 0 spiro atoms. The Morgan fingerprint density at radius 3 is 2.65 bits per heavy atom. The summed E-state index contributed by atoms with van der Waals surface area (Å²) in [7, 11) is -3.42. The highest BCUT2D eigenvalue weighted by atomic mass is 32.2. The summed E-state index contributed by atoms with van der Waals surface area (Å²) in [5.41, 5.74) is 0. The van der Waals surface area contributed by atoms with E-state index in [0.29, 0.717) is 18.3 Å². The number of anilines is 1. The number of sulfonamides is 1. The highest BCUT2D eigenvalue weighted by molar-refractivity contribution is 7.89. The van der Waals surface area contributed by atoms with Gasteiger partial charge in [-0.2, -0.15) is 4.31 Å². The molecule has 1 aromatic heterocycles. The molecule has 0 radical (unpaired) electrons. The van der Waals surface area contributed by atoms with E-state index in [4.69, 9.17) is 0 Å². The van der Waals surface area contributed by atoms with Crippen LogP contribution in [0, 0.1) is 5.92 Å². The summed E-state index contributed by atoms with van der Waals surface area (Å²) in [5, 5.41) is 3.14. The van der Waals surface area contributed by atoms with Crippen LogP contribution in [0.15, 0.2) is 23.2 Å². The van der Waals surface area contributed by atoms with Gasteiger partial charge in [0.25, 0.3) is 0 Å². The normalized spacial score (nSPS) is 23.9. The first-order chi connectivity index (χ1) is 9.45. The molecule has 1 aliphatic rings. The summed E-state index contributed by atoms with van der Waals surface area (Å²) in [6, 6.07) is 3.43. The van der Waals surface area contributed by atoms with Crippen LogP contribution in [0.1, 0.15) is 33.6 Å². The van der Waals surface area contributed by atoms with Gasteiger partial charge in [0.05, 0.1) is 0 Å². The highest BCUT2D eigenvalue weighted by Gasteiger charge is 2.36. The van der Waals surface area contributed by atoms with E-state index < -0.39 is 10.0 Å². The molecule has 0 aromatic carbocycles. The fourth-order valence-electron chi connectivity index (χ4n) is 2.62. The largest absolute Gasteiger partial charge is 0.370 e. The van der Waals surface area contributed by atoms with Gasteiger partial charge >= 0.3 is 0 Å². The van der Waals surface area contributed by atoms with Gasteiger partial charge < -0.3 is 5.32 Å². The first-order valence-corrected chi connectivity index (χ1v) is 8.61. The Bertz CT molecular complexity index is 542. The van der Waals surface area contributed by atoms with Crippen LogP contribution in [-0.2, 0) is 10.0 Å². The average molecular weight is 297 g/mol. The third-order valence-electron chi connectivity index (χ3n) is 3.63. The molecule has 112 valence electrons. The Morgan fingerprint density at radius 1 is 1.40 bits per heavy atom. The lowest BCUT2D eigenvalue weighted by Gasteiger charge is -2.20. The lowest BCUT2D eigenvalue weighted by Crippen LogP contribution is -2.34. The molecule has 0 bridgehead atoms. The molecule has 2 unspecified atom stereocenters. The van der Waals surface area contributed by atoms with E-state index in [1.54, 1.807) is 16.4 Å². The van der Waals surface area contributed by atoms with Crippen LogP contribution in [0.3, 0.4) is 0 Å². The maximum Gasteiger partial charge on any atom is 0.244 e. The molecule has 0 aliphatic carbocycles. The predicted octanol–water partition coefficient (Wildman–Crippen LogP) is 2.32. The van der Waals surface area contributed by atoms with Gasteiger partial charge in [-0.25, -0.2) is 13.4 Å². The summed E-state index contributed by atoms with van der Waals surface area (Å²) in [6.45, 7) is 7.55. The van der Waals surface area contributed by atoms with Gasteiger partial charge in [0.2, 0.25) is 10.0 Å². The molecule has 1 N–H and O–H groups in total. The van der Waals surface area contributed by atoms with Crippen LogP contribution < -0.4 is 5.32 Å². The van der Waals surface area contributed by atoms with Gasteiger partial charge in [-0.1, -0.05) is 13.8 Å². The third-order valence-corrected chi connectivity index (χ3v) is 5.59. The van der Waals surface area contributed by atoms with E-state index in [1.165, 1.54) is 6.20 Å². The van der Waals surface area contributed by atoms with Crippen molar-refractivity contribution < 1.29 is 8.42 Å². The standard InChI is InChI=1S/C14H23N3O2S/c1-4-7-15-14-6-5-13(9-16-14)20(18,19)17-10-11(2)8-12(17)3/h5-6,9,11-12H,4,7-8,10H2,1-3H3,(H,15,16).